The Morgan fingerprint density at radius 3 is 1.53 bits per heavy atom. The topological polar surface area (TPSA) is 16.4 Å². The number of hydrogen-bond donors (Lipinski definition) is 0. The molecule has 0 unspecified atom stereocenters. The Bertz CT molecular complexity index is 3010. The first-order valence-electron chi connectivity index (χ1n) is 19.6. The molecule has 2 heteroatoms. The predicted molar refractivity (Wildman–Crippen MR) is 237 cm³/mol. The first-order valence-corrected chi connectivity index (χ1v) is 19.6. The summed E-state index contributed by atoms with van der Waals surface area (Å²) in [4.78, 5) is 2.37. The molecule has 0 N–H and O–H groups in total. The molecule has 0 saturated heterocycles. The highest BCUT2D eigenvalue weighted by Gasteiger charge is 2.47. The largest absolute Gasteiger partial charge is 0.456 e. The van der Waals surface area contributed by atoms with E-state index in [2.05, 4.69) is 229 Å². The molecule has 0 amide bonds. The minimum absolute atomic E-state index is 0.558. The summed E-state index contributed by atoms with van der Waals surface area (Å²) in [6.45, 7) is 0. The number of hydrogen-bond acceptors (Lipinski definition) is 2. The zero-order chi connectivity index (χ0) is 37.8. The molecule has 1 aliphatic carbocycles. The fraction of sp³-hybridized carbons (Fsp3) is 0.0182. The zero-order valence-corrected chi connectivity index (χ0v) is 31.2. The summed E-state index contributed by atoms with van der Waals surface area (Å²) in [6.07, 6.45) is 0. The normalized spacial score (nSPS) is 12.7. The molecule has 9 aromatic carbocycles. The molecule has 2 nitrogen and oxygen atoms in total. The number of furan rings is 1. The van der Waals surface area contributed by atoms with Gasteiger partial charge in [0.1, 0.15) is 11.2 Å². The van der Waals surface area contributed by atoms with Gasteiger partial charge in [-0.25, -0.2) is 0 Å². The fourth-order valence-electron chi connectivity index (χ4n) is 9.28. The van der Waals surface area contributed by atoms with Crippen molar-refractivity contribution >= 4 is 39.0 Å². The lowest BCUT2D eigenvalue weighted by Gasteiger charge is -2.34. The van der Waals surface area contributed by atoms with Gasteiger partial charge in [0.2, 0.25) is 0 Å². The van der Waals surface area contributed by atoms with E-state index in [1.807, 2.05) is 0 Å². The highest BCUT2D eigenvalue weighted by atomic mass is 16.3. The fourth-order valence-corrected chi connectivity index (χ4v) is 9.28. The van der Waals surface area contributed by atoms with E-state index in [0.29, 0.717) is 0 Å². The standard InChI is InChI=1S/C55H37NO/c1-4-16-38(17-5-1)40-30-32-43(33-31-40)56(44-23-14-20-41(36-44)39-18-6-2-7-19-39)45-34-35-52-48(37-45)54-51(28-15-29-53(54)57-52)55(42-21-8-3-9-22-42)49-26-12-10-24-46(49)47-25-11-13-27-50(47)55/h1-37H. The van der Waals surface area contributed by atoms with Crippen molar-refractivity contribution in [3.63, 3.8) is 0 Å². The third kappa shape index (κ3) is 5.26. The molecule has 57 heavy (non-hydrogen) atoms. The molecule has 10 aromatic rings. The highest BCUT2D eigenvalue weighted by molar-refractivity contribution is 6.10. The van der Waals surface area contributed by atoms with Gasteiger partial charge in [-0.2, -0.15) is 0 Å². The Morgan fingerprint density at radius 1 is 0.333 bits per heavy atom. The van der Waals surface area contributed by atoms with Gasteiger partial charge >= 0.3 is 0 Å². The molecule has 1 heterocycles. The van der Waals surface area contributed by atoms with E-state index in [0.717, 1.165) is 39.0 Å². The third-order valence-corrected chi connectivity index (χ3v) is 11.7. The van der Waals surface area contributed by atoms with Gasteiger partial charge in [-0.3, -0.25) is 0 Å². The van der Waals surface area contributed by atoms with Crippen LogP contribution in [0.5, 0.6) is 0 Å². The number of nitrogens with zero attached hydrogens (tertiary/aromatic N) is 1. The van der Waals surface area contributed by atoms with E-state index in [9.17, 15) is 0 Å². The second-order valence-corrected chi connectivity index (χ2v) is 14.8. The second kappa shape index (κ2) is 13.4. The Hall–Kier alpha value is -7.42. The monoisotopic (exact) mass is 727 g/mol. The lowest BCUT2D eigenvalue weighted by molar-refractivity contribution is 0.667. The van der Waals surface area contributed by atoms with Gasteiger partial charge < -0.3 is 9.32 Å². The van der Waals surface area contributed by atoms with Crippen LogP contribution in [0.15, 0.2) is 229 Å². The summed E-state index contributed by atoms with van der Waals surface area (Å²) in [5, 5.41) is 2.21. The van der Waals surface area contributed by atoms with Crippen molar-refractivity contribution in [1.29, 1.82) is 0 Å². The van der Waals surface area contributed by atoms with Crippen molar-refractivity contribution < 1.29 is 4.42 Å². The quantitative estimate of drug-likeness (QED) is 0.163. The number of anilines is 3. The summed E-state index contributed by atoms with van der Waals surface area (Å²) in [7, 11) is 0. The van der Waals surface area contributed by atoms with Crippen LogP contribution in [-0.4, -0.2) is 0 Å². The molecule has 0 atom stereocenters. The van der Waals surface area contributed by atoms with Crippen LogP contribution in [0.4, 0.5) is 17.1 Å². The summed E-state index contributed by atoms with van der Waals surface area (Å²) < 4.78 is 6.78. The Labute approximate surface area is 332 Å². The zero-order valence-electron chi connectivity index (χ0n) is 31.2. The van der Waals surface area contributed by atoms with Gasteiger partial charge in [-0.15, -0.1) is 0 Å². The van der Waals surface area contributed by atoms with Crippen molar-refractivity contribution in [1.82, 2.24) is 0 Å². The predicted octanol–water partition coefficient (Wildman–Crippen LogP) is 14.8. The first kappa shape index (κ1) is 33.0. The number of rotatable bonds is 7. The Balaban J connectivity index is 1.16. The van der Waals surface area contributed by atoms with Crippen LogP contribution in [0.2, 0.25) is 0 Å². The molecule has 1 aromatic heterocycles. The number of benzene rings is 9. The molecule has 268 valence electrons. The molecule has 0 saturated carbocycles. The average Bonchev–Trinajstić information content (AvgIpc) is 3.82. The first-order chi connectivity index (χ1) is 28.3. The van der Waals surface area contributed by atoms with Gasteiger partial charge in [0.25, 0.3) is 0 Å². The summed E-state index contributed by atoms with van der Waals surface area (Å²) in [5.41, 5.74) is 16.7. The number of fused-ring (bicyclic) bond motifs is 6. The van der Waals surface area contributed by atoms with E-state index in [-0.39, 0.29) is 0 Å². The maximum Gasteiger partial charge on any atom is 0.135 e. The van der Waals surface area contributed by atoms with E-state index in [1.54, 1.807) is 0 Å². The van der Waals surface area contributed by atoms with Gasteiger partial charge in [-0.05, 0) is 104 Å². The van der Waals surface area contributed by atoms with Crippen LogP contribution in [0.1, 0.15) is 22.3 Å². The molecule has 0 spiro atoms. The average molecular weight is 728 g/mol. The lowest BCUT2D eigenvalue weighted by atomic mass is 9.66. The van der Waals surface area contributed by atoms with E-state index >= 15 is 0 Å². The summed E-state index contributed by atoms with van der Waals surface area (Å²) in [5.74, 6) is 0. The SMILES string of the molecule is c1ccc(-c2ccc(N(c3cccc(-c4ccccc4)c3)c3ccc4oc5cccc(C6(c7ccccc7)c7ccccc7-c7ccccc76)c5c4c3)cc2)cc1. The van der Waals surface area contributed by atoms with Crippen molar-refractivity contribution in [2.45, 2.75) is 5.41 Å². The summed E-state index contributed by atoms with van der Waals surface area (Å²) in [6, 6.07) is 81.0. The van der Waals surface area contributed by atoms with Gasteiger partial charge in [-0.1, -0.05) is 176 Å². The van der Waals surface area contributed by atoms with Crippen LogP contribution in [-0.2, 0) is 5.41 Å². The van der Waals surface area contributed by atoms with Crippen molar-refractivity contribution in [2.24, 2.45) is 0 Å². The van der Waals surface area contributed by atoms with E-state index < -0.39 is 5.41 Å². The van der Waals surface area contributed by atoms with Gasteiger partial charge in [0.05, 0.1) is 5.41 Å². The molecule has 1 aliphatic rings. The van der Waals surface area contributed by atoms with E-state index in [1.165, 1.54) is 55.6 Å². The molecule has 0 fully saturated rings. The van der Waals surface area contributed by atoms with Gasteiger partial charge in [0.15, 0.2) is 0 Å². The second-order valence-electron chi connectivity index (χ2n) is 14.8. The lowest BCUT2D eigenvalue weighted by Crippen LogP contribution is -2.28. The van der Waals surface area contributed by atoms with Crippen LogP contribution in [0, 0.1) is 0 Å². The molecule has 0 bridgehead atoms. The van der Waals surface area contributed by atoms with E-state index in [4.69, 9.17) is 4.42 Å². The Morgan fingerprint density at radius 2 is 0.842 bits per heavy atom. The van der Waals surface area contributed by atoms with Crippen LogP contribution in [0.3, 0.4) is 0 Å². The summed E-state index contributed by atoms with van der Waals surface area (Å²) >= 11 is 0. The third-order valence-electron chi connectivity index (χ3n) is 11.7. The molecular weight excluding hydrogens is 691 g/mol. The van der Waals surface area contributed by atoms with Crippen molar-refractivity contribution in [3.8, 4) is 33.4 Å². The minimum Gasteiger partial charge on any atom is -0.456 e. The van der Waals surface area contributed by atoms with Crippen LogP contribution in [0.25, 0.3) is 55.3 Å². The molecule has 11 rings (SSSR count). The van der Waals surface area contributed by atoms with Crippen molar-refractivity contribution in [3.05, 3.63) is 247 Å². The van der Waals surface area contributed by atoms with Crippen LogP contribution >= 0.6 is 0 Å². The minimum atomic E-state index is -0.558. The van der Waals surface area contributed by atoms with Crippen molar-refractivity contribution in [2.75, 3.05) is 4.90 Å². The Kier molecular flexibility index (Phi) is 7.75. The molecule has 0 aliphatic heterocycles. The smallest absolute Gasteiger partial charge is 0.135 e. The maximum absolute atomic E-state index is 6.78. The molecular formula is C55H37NO. The highest BCUT2D eigenvalue weighted by Crippen LogP contribution is 2.58. The van der Waals surface area contributed by atoms with Crippen LogP contribution < -0.4 is 4.90 Å². The van der Waals surface area contributed by atoms with Gasteiger partial charge in [0, 0.05) is 27.8 Å². The molecule has 0 radical (unpaired) electrons. The maximum atomic E-state index is 6.78.